The molecule has 0 bridgehead atoms. The summed E-state index contributed by atoms with van der Waals surface area (Å²) in [4.78, 5) is 0. The van der Waals surface area contributed by atoms with Crippen molar-refractivity contribution in [2.24, 2.45) is 0 Å². The first-order chi connectivity index (χ1) is 59.9. The van der Waals surface area contributed by atoms with Crippen LogP contribution in [0.15, 0.2) is 467 Å². The lowest BCUT2D eigenvalue weighted by Crippen LogP contribution is -2.74. The summed E-state index contributed by atoms with van der Waals surface area (Å²) < 4.78 is 9.56. The largest absolute Gasteiger partial charge is 0.309 e. The van der Waals surface area contributed by atoms with Crippen molar-refractivity contribution in [1.82, 2.24) is 18.3 Å². The first kappa shape index (κ1) is 71.6. The van der Waals surface area contributed by atoms with Gasteiger partial charge in [-0.3, -0.25) is 0 Å². The van der Waals surface area contributed by atoms with E-state index in [1.54, 1.807) is 0 Å². The van der Waals surface area contributed by atoms with Gasteiger partial charge >= 0.3 is 0 Å². The van der Waals surface area contributed by atoms with Crippen LogP contribution in [0.1, 0.15) is 5.56 Å². The van der Waals surface area contributed by atoms with Crippen LogP contribution in [-0.4, -0.2) is 26.3 Å². The molecule has 0 saturated heterocycles. The first-order valence-electron chi connectivity index (χ1n) is 41.4. The van der Waals surface area contributed by atoms with Gasteiger partial charge in [0.2, 0.25) is 0 Å². The topological polar surface area (TPSA) is 43.5 Å². The molecule has 19 aromatic carbocycles. The predicted octanol–water partition coefficient (Wildman–Crippen LogP) is 27.0. The van der Waals surface area contributed by atoms with E-state index >= 15 is 0 Å². The predicted molar refractivity (Wildman–Crippen MR) is 511 cm³/mol. The van der Waals surface area contributed by atoms with E-state index in [0.29, 0.717) is 5.56 Å². The minimum atomic E-state index is -2.67. The molecule has 0 aliphatic rings. The number of nitriles is 1. The van der Waals surface area contributed by atoms with Crippen molar-refractivity contribution < 1.29 is 0 Å². The second kappa shape index (κ2) is 30.3. The van der Waals surface area contributed by atoms with Crippen molar-refractivity contribution in [3.8, 4) is 95.6 Å². The highest BCUT2D eigenvalue weighted by Crippen LogP contribution is 2.43. The lowest BCUT2D eigenvalue weighted by molar-refractivity contribution is 1.18. The van der Waals surface area contributed by atoms with Gasteiger partial charge in [-0.1, -0.05) is 334 Å². The highest BCUT2D eigenvalue weighted by atomic mass is 28.3. The van der Waals surface area contributed by atoms with Gasteiger partial charge < -0.3 is 18.3 Å². The molecule has 4 aromatic heterocycles. The van der Waals surface area contributed by atoms with Gasteiger partial charge in [0, 0.05) is 65.8 Å². The maximum Gasteiger partial charge on any atom is 0.179 e. The number of fused-ring (bicyclic) bond motifs is 12. The van der Waals surface area contributed by atoms with Gasteiger partial charge in [-0.05, 0) is 221 Å². The normalized spacial score (nSPS) is 11.6. The Bertz CT molecular complexity index is 7780. The number of para-hydroxylation sites is 4. The summed E-state index contributed by atoms with van der Waals surface area (Å²) in [5.74, 6) is 0. The van der Waals surface area contributed by atoms with E-state index in [2.05, 4.69) is 467 Å². The standard InChI is InChI=1S/C66H46N2Si.C49H31N3/c1-5-18-47(19-6-1)48-32-38-53(39-33-48)67-63-30-15-13-28-59(63)61-45-51(36-42-65(61)67)52-37-43-66-62(46-52)60-29-14-16-31-64(60)68(66)54-40-34-49(35-41-54)50-20-17-27-58(44-50)69(55-21-7-2-8-22-55,56-23-9-3-10-24-56)57-25-11-4-12-26-57;50-32-33-14-16-35(17-15-33)37-20-26-41(27-21-37)52-47-13-7-5-11-43(47)45-31-39(23-29-49(45)52)38-22-28-48-44(30-38)42-10-4-6-12-46(42)51(48)40-24-18-36(19-25-40)34-8-2-1-3-9-34/h1-46H;1-31H. The second-order valence-corrected chi connectivity index (χ2v) is 35.2. The molecule has 566 valence electrons. The maximum absolute atomic E-state index is 9.20. The quantitative estimate of drug-likeness (QED) is 0.0790. The van der Waals surface area contributed by atoms with E-state index in [0.717, 1.165) is 33.9 Å². The summed E-state index contributed by atoms with van der Waals surface area (Å²) in [6.07, 6.45) is 0. The summed E-state index contributed by atoms with van der Waals surface area (Å²) in [6, 6.07) is 172. The van der Waals surface area contributed by atoms with Crippen LogP contribution in [0.2, 0.25) is 0 Å². The molecule has 4 heterocycles. The molecule has 23 aromatic rings. The van der Waals surface area contributed by atoms with Gasteiger partial charge in [-0.2, -0.15) is 5.26 Å². The summed E-state index contributed by atoms with van der Waals surface area (Å²) >= 11 is 0. The van der Waals surface area contributed by atoms with Gasteiger partial charge in [-0.25, -0.2) is 0 Å². The molecule has 0 saturated carbocycles. The Kier molecular flexibility index (Phi) is 17.9. The van der Waals surface area contributed by atoms with Crippen LogP contribution < -0.4 is 20.7 Å². The highest BCUT2D eigenvalue weighted by molar-refractivity contribution is 7.20. The van der Waals surface area contributed by atoms with Gasteiger partial charge in [0.05, 0.1) is 55.8 Å². The minimum absolute atomic E-state index is 0.668. The summed E-state index contributed by atoms with van der Waals surface area (Å²) in [5.41, 5.74) is 29.1. The van der Waals surface area contributed by atoms with Crippen molar-refractivity contribution in [1.29, 1.82) is 5.26 Å². The molecule has 0 aliphatic carbocycles. The van der Waals surface area contributed by atoms with Gasteiger partial charge in [-0.15, -0.1) is 0 Å². The molecular formula is C115H77N5Si. The number of hydrogen-bond acceptors (Lipinski definition) is 1. The van der Waals surface area contributed by atoms with Gasteiger partial charge in [0.25, 0.3) is 0 Å². The van der Waals surface area contributed by atoms with Crippen LogP contribution in [0.4, 0.5) is 0 Å². The number of hydrogen-bond donors (Lipinski definition) is 0. The number of nitrogens with zero attached hydrogens (tertiary/aromatic N) is 5. The Morgan fingerprint density at radius 2 is 0.364 bits per heavy atom. The fourth-order valence-corrected chi connectivity index (χ4v) is 23.7. The van der Waals surface area contributed by atoms with Crippen LogP contribution in [0, 0.1) is 11.3 Å². The van der Waals surface area contributed by atoms with Crippen molar-refractivity contribution >= 4 is 116 Å². The van der Waals surface area contributed by atoms with Crippen molar-refractivity contribution in [3.05, 3.63) is 473 Å². The lowest BCUT2D eigenvalue weighted by Gasteiger charge is -2.34. The highest BCUT2D eigenvalue weighted by Gasteiger charge is 2.41. The zero-order valence-corrected chi connectivity index (χ0v) is 67.2. The van der Waals surface area contributed by atoms with E-state index in [1.165, 1.54) is 164 Å². The third-order valence-electron chi connectivity index (χ3n) is 24.7. The monoisotopic (exact) mass is 1560 g/mol. The average Bonchev–Trinajstić information content (AvgIpc) is 1.38. The smallest absolute Gasteiger partial charge is 0.179 e. The molecule has 0 spiro atoms. The van der Waals surface area contributed by atoms with Crippen LogP contribution in [0.3, 0.4) is 0 Å². The Labute approximate surface area is 703 Å². The summed E-state index contributed by atoms with van der Waals surface area (Å²) in [6.45, 7) is 0. The molecule has 6 heteroatoms. The Balaban J connectivity index is 0.000000151. The van der Waals surface area contributed by atoms with Crippen LogP contribution >= 0.6 is 0 Å². The average molecular weight is 1560 g/mol. The van der Waals surface area contributed by atoms with E-state index < -0.39 is 8.07 Å². The van der Waals surface area contributed by atoms with E-state index in [9.17, 15) is 5.26 Å². The third-order valence-corrected chi connectivity index (χ3v) is 29.4. The first-order valence-corrected chi connectivity index (χ1v) is 43.4. The fraction of sp³-hybridized carbons (Fsp3) is 0. The van der Waals surface area contributed by atoms with Gasteiger partial charge in [0.15, 0.2) is 8.07 Å². The molecule has 0 amide bonds. The molecule has 0 aliphatic heterocycles. The number of benzene rings is 19. The van der Waals surface area contributed by atoms with Crippen molar-refractivity contribution in [3.63, 3.8) is 0 Å². The van der Waals surface area contributed by atoms with Crippen molar-refractivity contribution in [2.75, 3.05) is 0 Å². The molecule has 0 unspecified atom stereocenters. The third kappa shape index (κ3) is 12.5. The Morgan fingerprint density at radius 3 is 0.653 bits per heavy atom. The van der Waals surface area contributed by atoms with Crippen LogP contribution in [0.5, 0.6) is 0 Å². The lowest BCUT2D eigenvalue weighted by atomic mass is 10.0. The fourth-order valence-electron chi connectivity index (χ4n) is 18.9. The second-order valence-electron chi connectivity index (χ2n) is 31.4. The SMILES string of the molecule is N#Cc1ccc(-c2ccc(-n3c4ccccc4c4cc(-c5ccc6c(c5)c5ccccc5n6-c5ccc(-c6ccccc6)cc5)ccc43)cc2)cc1.c1ccc(-c2ccc(-n3c4ccccc4c4cc(-c5ccc6c(c5)c5ccccc5n6-c5ccc(-c6cccc([Si](c7ccccc7)(c7ccccc7)c7ccccc7)c6)cc5)ccc43)cc2)cc1. The van der Waals surface area contributed by atoms with Crippen LogP contribution in [0.25, 0.3) is 177 Å². The zero-order valence-electron chi connectivity index (χ0n) is 66.2. The summed E-state index contributed by atoms with van der Waals surface area (Å²) in [5, 5.41) is 24.6. The molecule has 0 fully saturated rings. The molecule has 0 atom stereocenters. The Hall–Kier alpha value is -15.9. The molecular weight excluding hydrogens is 1480 g/mol. The Morgan fingerprint density at radius 1 is 0.157 bits per heavy atom. The molecule has 23 rings (SSSR count). The molecule has 0 N–H and O–H groups in total. The molecule has 0 radical (unpaired) electrons. The van der Waals surface area contributed by atoms with E-state index in [1.807, 2.05) is 24.3 Å². The maximum atomic E-state index is 9.20. The number of rotatable bonds is 14. The van der Waals surface area contributed by atoms with Crippen molar-refractivity contribution in [2.45, 2.75) is 0 Å². The van der Waals surface area contributed by atoms with Gasteiger partial charge in [0.1, 0.15) is 0 Å². The minimum Gasteiger partial charge on any atom is -0.309 e. The zero-order chi connectivity index (χ0) is 80.3. The molecule has 5 nitrogen and oxygen atoms in total. The molecule has 121 heavy (non-hydrogen) atoms. The van der Waals surface area contributed by atoms with Crippen LogP contribution in [-0.2, 0) is 0 Å². The van der Waals surface area contributed by atoms with E-state index in [4.69, 9.17) is 0 Å². The summed E-state index contributed by atoms with van der Waals surface area (Å²) in [7, 11) is -2.67. The number of aromatic nitrogens is 4. The van der Waals surface area contributed by atoms with E-state index in [-0.39, 0.29) is 0 Å².